The first-order valence-corrected chi connectivity index (χ1v) is 11.6. The molecule has 0 fully saturated rings. The van der Waals surface area contributed by atoms with Crippen LogP contribution in [0, 0.1) is 6.92 Å². The predicted molar refractivity (Wildman–Crippen MR) is 139 cm³/mol. The Hall–Kier alpha value is -4.43. The van der Waals surface area contributed by atoms with Crippen molar-refractivity contribution in [2.24, 2.45) is 0 Å². The van der Waals surface area contributed by atoms with Crippen LogP contribution < -0.4 is 14.8 Å². The van der Waals surface area contributed by atoms with Crippen molar-refractivity contribution in [3.05, 3.63) is 89.7 Å². The number of nitrogens with zero attached hydrogens (tertiary/aromatic N) is 4. The number of rotatable bonds is 8. The van der Waals surface area contributed by atoms with Gasteiger partial charge in [0.05, 0.1) is 37.9 Å². The molecule has 0 aliphatic rings. The molecule has 0 aliphatic carbocycles. The van der Waals surface area contributed by atoms with Crippen LogP contribution in [-0.4, -0.2) is 38.7 Å². The molecular formula is C28H27N5O3. The van der Waals surface area contributed by atoms with E-state index >= 15 is 0 Å². The monoisotopic (exact) mass is 481 g/mol. The van der Waals surface area contributed by atoms with Gasteiger partial charge >= 0.3 is 0 Å². The van der Waals surface area contributed by atoms with Gasteiger partial charge in [0.15, 0.2) is 11.5 Å². The van der Waals surface area contributed by atoms with Crippen molar-refractivity contribution in [2.45, 2.75) is 20.1 Å². The van der Waals surface area contributed by atoms with Crippen LogP contribution in [0.3, 0.4) is 0 Å². The largest absolute Gasteiger partial charge is 0.493 e. The predicted octanol–water partition coefficient (Wildman–Crippen LogP) is 4.89. The molecule has 3 heterocycles. The maximum absolute atomic E-state index is 9.61. The summed E-state index contributed by atoms with van der Waals surface area (Å²) in [5, 5.41) is 12.9. The summed E-state index contributed by atoms with van der Waals surface area (Å²) in [5.74, 6) is 1.82. The zero-order chi connectivity index (χ0) is 25.1. The van der Waals surface area contributed by atoms with E-state index in [1.54, 1.807) is 20.4 Å². The first kappa shape index (κ1) is 23.3. The van der Waals surface area contributed by atoms with E-state index in [2.05, 4.69) is 41.5 Å². The number of hydrogen-bond donors (Lipinski definition) is 2. The van der Waals surface area contributed by atoms with E-state index in [0.29, 0.717) is 24.0 Å². The molecule has 2 aromatic carbocycles. The number of ether oxygens (including phenoxy) is 2. The van der Waals surface area contributed by atoms with Gasteiger partial charge < -0.3 is 19.9 Å². The minimum Gasteiger partial charge on any atom is -0.493 e. The number of aliphatic hydroxyl groups is 1. The fourth-order valence-corrected chi connectivity index (χ4v) is 4.19. The van der Waals surface area contributed by atoms with Gasteiger partial charge in [-0.15, -0.1) is 0 Å². The molecular weight excluding hydrogens is 454 g/mol. The maximum atomic E-state index is 9.61. The van der Waals surface area contributed by atoms with Crippen molar-refractivity contribution in [1.82, 2.24) is 19.4 Å². The van der Waals surface area contributed by atoms with Crippen molar-refractivity contribution in [3.63, 3.8) is 0 Å². The number of methoxy groups -OCH3 is 2. The fraction of sp³-hybridized carbons (Fsp3) is 0.179. The lowest BCUT2D eigenvalue weighted by Gasteiger charge is -2.13. The lowest BCUT2D eigenvalue weighted by Crippen LogP contribution is -2.06. The Morgan fingerprint density at radius 1 is 0.972 bits per heavy atom. The highest BCUT2D eigenvalue weighted by atomic mass is 16.5. The van der Waals surface area contributed by atoms with Crippen molar-refractivity contribution >= 4 is 11.6 Å². The molecule has 0 amide bonds. The number of para-hydroxylation sites is 1. The van der Waals surface area contributed by atoms with Crippen LogP contribution in [-0.2, 0) is 13.2 Å². The fourth-order valence-electron chi connectivity index (χ4n) is 4.19. The molecule has 0 spiro atoms. The highest BCUT2D eigenvalue weighted by Crippen LogP contribution is 2.33. The Bertz CT molecular complexity index is 1510. The third kappa shape index (κ3) is 4.46. The Morgan fingerprint density at radius 2 is 1.81 bits per heavy atom. The number of aromatic nitrogens is 4. The van der Waals surface area contributed by atoms with Crippen LogP contribution in [0.15, 0.2) is 73.1 Å². The second-order valence-corrected chi connectivity index (χ2v) is 8.37. The number of anilines is 1. The summed E-state index contributed by atoms with van der Waals surface area (Å²) in [6.45, 7) is 2.47. The van der Waals surface area contributed by atoms with Gasteiger partial charge in [-0.1, -0.05) is 42.0 Å². The second kappa shape index (κ2) is 10.1. The average molecular weight is 482 g/mol. The maximum Gasteiger partial charge on any atom is 0.223 e. The first-order chi connectivity index (χ1) is 17.6. The van der Waals surface area contributed by atoms with Crippen molar-refractivity contribution in [3.8, 4) is 34.1 Å². The lowest BCUT2D eigenvalue weighted by atomic mass is 10.1. The minimum absolute atomic E-state index is 0.0478. The van der Waals surface area contributed by atoms with Crippen LogP contribution in [0.4, 0.5) is 5.95 Å². The average Bonchev–Trinajstić information content (AvgIpc) is 3.30. The minimum atomic E-state index is -0.0478. The first-order valence-electron chi connectivity index (χ1n) is 11.6. The normalized spacial score (nSPS) is 11.0. The molecule has 3 aromatic heterocycles. The van der Waals surface area contributed by atoms with E-state index in [1.165, 1.54) is 5.56 Å². The van der Waals surface area contributed by atoms with E-state index in [-0.39, 0.29) is 6.61 Å². The molecule has 5 aromatic rings. The summed E-state index contributed by atoms with van der Waals surface area (Å²) in [4.78, 5) is 14.2. The zero-order valence-corrected chi connectivity index (χ0v) is 20.4. The molecule has 0 radical (unpaired) electrons. The molecule has 2 N–H and O–H groups in total. The smallest absolute Gasteiger partial charge is 0.223 e. The van der Waals surface area contributed by atoms with Gasteiger partial charge in [-0.25, -0.2) is 15.0 Å². The number of aliphatic hydroxyl groups excluding tert-OH is 1. The number of nitrogens with one attached hydrogen (secondary N) is 1. The van der Waals surface area contributed by atoms with Crippen molar-refractivity contribution in [2.75, 3.05) is 19.5 Å². The highest BCUT2D eigenvalue weighted by molar-refractivity contribution is 5.81. The summed E-state index contributed by atoms with van der Waals surface area (Å²) in [6, 6.07) is 19.6. The van der Waals surface area contributed by atoms with Crippen molar-refractivity contribution < 1.29 is 14.6 Å². The molecule has 0 atom stereocenters. The molecule has 0 saturated carbocycles. The molecule has 8 nitrogen and oxygen atoms in total. The topological polar surface area (TPSA) is 93.8 Å². The number of pyridine rings is 1. The van der Waals surface area contributed by atoms with E-state index < -0.39 is 0 Å². The molecule has 5 rings (SSSR count). The number of aryl methyl sites for hydroxylation is 1. The Morgan fingerprint density at radius 3 is 2.56 bits per heavy atom. The van der Waals surface area contributed by atoms with Gasteiger partial charge in [0, 0.05) is 30.1 Å². The van der Waals surface area contributed by atoms with E-state index in [9.17, 15) is 5.11 Å². The molecule has 36 heavy (non-hydrogen) atoms. The lowest BCUT2D eigenvalue weighted by molar-refractivity contribution is 0.282. The zero-order valence-electron chi connectivity index (χ0n) is 20.4. The van der Waals surface area contributed by atoms with Gasteiger partial charge in [0.2, 0.25) is 5.95 Å². The van der Waals surface area contributed by atoms with Crippen LogP contribution in [0.5, 0.6) is 11.5 Å². The number of benzene rings is 2. The third-order valence-corrected chi connectivity index (χ3v) is 6.02. The van der Waals surface area contributed by atoms with E-state index in [0.717, 1.165) is 39.4 Å². The third-order valence-electron chi connectivity index (χ3n) is 6.02. The van der Waals surface area contributed by atoms with Crippen LogP contribution in [0.2, 0.25) is 0 Å². The van der Waals surface area contributed by atoms with Crippen molar-refractivity contribution in [1.29, 1.82) is 0 Å². The Kier molecular flexibility index (Phi) is 6.51. The molecule has 0 aliphatic heterocycles. The molecule has 0 saturated heterocycles. The summed E-state index contributed by atoms with van der Waals surface area (Å²) in [6.07, 6.45) is 3.64. The molecule has 8 heteroatoms. The number of hydrogen-bond acceptors (Lipinski definition) is 7. The summed E-state index contributed by atoms with van der Waals surface area (Å²) >= 11 is 0. The Labute approximate surface area is 209 Å². The number of imidazole rings is 1. The quantitative estimate of drug-likeness (QED) is 0.326. The van der Waals surface area contributed by atoms with E-state index in [1.807, 2.05) is 47.0 Å². The second-order valence-electron chi connectivity index (χ2n) is 8.37. The van der Waals surface area contributed by atoms with Crippen LogP contribution in [0.1, 0.15) is 16.7 Å². The van der Waals surface area contributed by atoms with Gasteiger partial charge in [0.1, 0.15) is 5.65 Å². The summed E-state index contributed by atoms with van der Waals surface area (Å²) < 4.78 is 12.9. The summed E-state index contributed by atoms with van der Waals surface area (Å²) in [5.41, 5.74) is 7.01. The van der Waals surface area contributed by atoms with Crippen LogP contribution in [0.25, 0.3) is 28.3 Å². The molecule has 0 unspecified atom stereocenters. The Balaban J connectivity index is 1.55. The van der Waals surface area contributed by atoms with Gasteiger partial charge in [0.25, 0.3) is 0 Å². The van der Waals surface area contributed by atoms with Crippen LogP contribution >= 0.6 is 0 Å². The van der Waals surface area contributed by atoms with Gasteiger partial charge in [-0.05, 0) is 36.8 Å². The molecule has 0 bridgehead atoms. The SMILES string of the molecule is COc1cccc(CNc2nccc(-c3c(-c4ccc(C)cc4)nc4cc(CO)ccn34)n2)c1OC. The van der Waals surface area contributed by atoms with Gasteiger partial charge in [-0.2, -0.15) is 0 Å². The van der Waals surface area contributed by atoms with Gasteiger partial charge in [-0.3, -0.25) is 4.40 Å². The summed E-state index contributed by atoms with van der Waals surface area (Å²) in [7, 11) is 3.24. The van der Waals surface area contributed by atoms with E-state index in [4.69, 9.17) is 19.4 Å². The highest BCUT2D eigenvalue weighted by Gasteiger charge is 2.18. The molecule has 182 valence electrons. The standard InChI is InChI=1S/C28H27N5O3/c1-18-7-9-20(10-8-18)25-26(33-14-12-19(17-34)15-24(33)32-25)22-11-13-29-28(31-22)30-16-21-5-4-6-23(35-2)27(21)36-3/h4-15,34H,16-17H2,1-3H3,(H,29,30,31). The number of fused-ring (bicyclic) bond motifs is 1.